The summed E-state index contributed by atoms with van der Waals surface area (Å²) in [5.74, 6) is 0.269. The molecule has 0 spiro atoms. The molecule has 1 saturated heterocycles. The maximum Gasteiger partial charge on any atom is 0.387 e. The minimum Gasteiger partial charge on any atom is -0.435 e. The van der Waals surface area contributed by atoms with Crippen LogP contribution < -0.4 is 10.1 Å². The number of amides is 1. The molecule has 5 nitrogen and oxygen atoms in total. The van der Waals surface area contributed by atoms with Gasteiger partial charge in [0.1, 0.15) is 5.75 Å². The normalized spacial score (nSPS) is 29.0. The molecule has 1 N–H and O–H groups in total. The van der Waals surface area contributed by atoms with Crippen LogP contribution in [0.1, 0.15) is 16.8 Å². The molecule has 2 fully saturated rings. The van der Waals surface area contributed by atoms with E-state index in [2.05, 4.69) is 10.1 Å². The van der Waals surface area contributed by atoms with E-state index >= 15 is 0 Å². The van der Waals surface area contributed by atoms with Crippen LogP contribution >= 0.6 is 0 Å². The number of rotatable bonds is 6. The van der Waals surface area contributed by atoms with Crippen molar-refractivity contribution in [2.24, 2.45) is 11.8 Å². The van der Waals surface area contributed by atoms with E-state index in [0.29, 0.717) is 24.7 Å². The second-order valence-corrected chi connectivity index (χ2v) is 5.81. The van der Waals surface area contributed by atoms with E-state index in [0.717, 1.165) is 6.42 Å². The van der Waals surface area contributed by atoms with Crippen LogP contribution in [0.5, 0.6) is 5.75 Å². The quantitative estimate of drug-likeness (QED) is 0.869. The highest BCUT2D eigenvalue weighted by molar-refractivity contribution is 5.94. The average molecular weight is 327 g/mol. The summed E-state index contributed by atoms with van der Waals surface area (Å²) in [7, 11) is 1.63. The lowest BCUT2D eigenvalue weighted by Crippen LogP contribution is -2.62. The van der Waals surface area contributed by atoms with Crippen molar-refractivity contribution in [3.05, 3.63) is 29.8 Å². The number of ether oxygens (including phenoxy) is 3. The summed E-state index contributed by atoms with van der Waals surface area (Å²) < 4.78 is 39.4. The lowest BCUT2D eigenvalue weighted by molar-refractivity contribution is -0.0809. The Morgan fingerprint density at radius 3 is 2.78 bits per heavy atom. The minimum absolute atomic E-state index is 0.0203. The molecule has 7 heteroatoms. The molecule has 1 saturated carbocycles. The molecule has 1 aromatic rings. The fraction of sp³-hybridized carbons (Fsp3) is 0.562. The average Bonchev–Trinajstić information content (AvgIpc) is 2.94. The molecule has 2 aliphatic rings. The molecule has 1 amide bonds. The van der Waals surface area contributed by atoms with Crippen molar-refractivity contribution in [2.45, 2.75) is 25.2 Å². The Labute approximate surface area is 132 Å². The number of fused-ring (bicyclic) bond motifs is 1. The Bertz CT molecular complexity index is 552. The lowest BCUT2D eigenvalue weighted by atomic mass is 9.67. The maximum absolute atomic E-state index is 12.3. The number of hydrogen-bond acceptors (Lipinski definition) is 4. The smallest absolute Gasteiger partial charge is 0.387 e. The van der Waals surface area contributed by atoms with Crippen molar-refractivity contribution in [2.75, 3.05) is 20.3 Å². The van der Waals surface area contributed by atoms with Crippen molar-refractivity contribution in [1.29, 1.82) is 0 Å². The van der Waals surface area contributed by atoms with Gasteiger partial charge in [0, 0.05) is 37.2 Å². The van der Waals surface area contributed by atoms with Gasteiger partial charge in [-0.15, -0.1) is 0 Å². The number of halogens is 2. The second kappa shape index (κ2) is 6.80. The molecule has 0 unspecified atom stereocenters. The second-order valence-electron chi connectivity index (χ2n) is 5.81. The molecule has 0 radical (unpaired) electrons. The van der Waals surface area contributed by atoms with Crippen LogP contribution in [0.25, 0.3) is 0 Å². The molecule has 0 bridgehead atoms. The van der Waals surface area contributed by atoms with Gasteiger partial charge in [-0.2, -0.15) is 8.78 Å². The fourth-order valence-corrected chi connectivity index (χ4v) is 3.46. The Morgan fingerprint density at radius 1 is 1.39 bits per heavy atom. The molecular weight excluding hydrogens is 308 g/mol. The third-order valence-corrected chi connectivity index (χ3v) is 4.53. The summed E-state index contributed by atoms with van der Waals surface area (Å²) in [5, 5.41) is 3.01. The topological polar surface area (TPSA) is 56.8 Å². The molecule has 4 atom stereocenters. The van der Waals surface area contributed by atoms with Gasteiger partial charge in [0.15, 0.2) is 0 Å². The van der Waals surface area contributed by atoms with Crippen molar-refractivity contribution in [3.8, 4) is 5.75 Å². The van der Waals surface area contributed by atoms with Crippen LogP contribution in [0.15, 0.2) is 24.3 Å². The summed E-state index contributed by atoms with van der Waals surface area (Å²) in [4.78, 5) is 12.3. The Hall–Kier alpha value is -1.73. The minimum atomic E-state index is -2.88. The van der Waals surface area contributed by atoms with Crippen LogP contribution in [-0.4, -0.2) is 45.0 Å². The Balaban J connectivity index is 1.62. The monoisotopic (exact) mass is 327 g/mol. The number of carbonyl (C=O) groups is 1. The largest absolute Gasteiger partial charge is 0.435 e. The number of benzene rings is 1. The van der Waals surface area contributed by atoms with Gasteiger partial charge >= 0.3 is 6.61 Å². The van der Waals surface area contributed by atoms with E-state index in [1.165, 1.54) is 24.3 Å². The van der Waals surface area contributed by atoms with Crippen LogP contribution in [0, 0.1) is 11.8 Å². The first kappa shape index (κ1) is 16.1. The predicted molar refractivity (Wildman–Crippen MR) is 77.5 cm³/mol. The maximum atomic E-state index is 12.3. The zero-order valence-electron chi connectivity index (χ0n) is 12.7. The van der Waals surface area contributed by atoms with Crippen molar-refractivity contribution >= 4 is 5.91 Å². The van der Waals surface area contributed by atoms with Crippen molar-refractivity contribution < 1.29 is 27.8 Å². The molecular formula is C16H19F2NO4. The predicted octanol–water partition coefficient (Wildman–Crippen LogP) is 2.07. The van der Waals surface area contributed by atoms with Crippen LogP contribution in [0.2, 0.25) is 0 Å². The van der Waals surface area contributed by atoms with E-state index < -0.39 is 6.61 Å². The standard InChI is InChI=1S/C16H19F2NO4/c1-21-8-12-13(11-6-7-22-14(11)12)19-15(20)9-2-4-10(5-3-9)23-16(17)18/h2-5,11-14,16H,6-8H2,1H3,(H,19,20)/t11-,12+,13+,14-/m1/s1. The van der Waals surface area contributed by atoms with E-state index in [-0.39, 0.29) is 29.7 Å². The number of alkyl halides is 2. The lowest BCUT2D eigenvalue weighted by Gasteiger charge is -2.47. The third kappa shape index (κ3) is 3.30. The molecule has 1 aromatic carbocycles. The van der Waals surface area contributed by atoms with E-state index in [1.54, 1.807) is 7.11 Å². The SMILES string of the molecule is COC[C@H]1[C@@H](NC(=O)c2ccc(OC(F)F)cc2)[C@H]2CCO[C@H]21. The number of carbonyl (C=O) groups excluding carboxylic acids is 1. The van der Waals surface area contributed by atoms with E-state index in [4.69, 9.17) is 9.47 Å². The van der Waals surface area contributed by atoms with Crippen LogP contribution in [-0.2, 0) is 9.47 Å². The molecule has 126 valence electrons. The zero-order valence-corrected chi connectivity index (χ0v) is 12.7. The summed E-state index contributed by atoms with van der Waals surface area (Å²) in [5.41, 5.74) is 0.408. The zero-order chi connectivity index (χ0) is 16.4. The summed E-state index contributed by atoms with van der Waals surface area (Å²) in [6.07, 6.45) is 1.08. The molecule has 3 rings (SSSR count). The molecule has 0 aromatic heterocycles. The first-order valence-electron chi connectivity index (χ1n) is 7.56. The molecule has 1 heterocycles. The van der Waals surface area contributed by atoms with Crippen molar-refractivity contribution in [1.82, 2.24) is 5.32 Å². The number of nitrogens with one attached hydrogen (secondary N) is 1. The van der Waals surface area contributed by atoms with E-state index in [1.807, 2.05) is 0 Å². The van der Waals surface area contributed by atoms with Gasteiger partial charge in [-0.05, 0) is 30.7 Å². The van der Waals surface area contributed by atoms with Crippen LogP contribution in [0.4, 0.5) is 8.78 Å². The molecule has 1 aliphatic heterocycles. The fourth-order valence-electron chi connectivity index (χ4n) is 3.46. The number of methoxy groups -OCH3 is 1. The summed E-state index contributed by atoms with van der Waals surface area (Å²) in [6, 6.07) is 5.68. The highest BCUT2D eigenvalue weighted by Gasteiger charge is 2.54. The van der Waals surface area contributed by atoms with Gasteiger partial charge in [0.25, 0.3) is 5.91 Å². The summed E-state index contributed by atoms with van der Waals surface area (Å²) in [6.45, 7) is -1.63. The van der Waals surface area contributed by atoms with Gasteiger partial charge in [-0.1, -0.05) is 0 Å². The highest BCUT2D eigenvalue weighted by Crippen LogP contribution is 2.43. The van der Waals surface area contributed by atoms with Gasteiger partial charge in [-0.3, -0.25) is 4.79 Å². The first-order chi connectivity index (χ1) is 11.1. The Morgan fingerprint density at radius 2 is 2.13 bits per heavy atom. The Kier molecular flexibility index (Phi) is 4.77. The van der Waals surface area contributed by atoms with Gasteiger partial charge < -0.3 is 19.5 Å². The van der Waals surface area contributed by atoms with Gasteiger partial charge in [0.2, 0.25) is 0 Å². The highest BCUT2D eigenvalue weighted by atomic mass is 19.3. The molecule has 1 aliphatic carbocycles. The third-order valence-electron chi connectivity index (χ3n) is 4.53. The van der Waals surface area contributed by atoms with Crippen LogP contribution in [0.3, 0.4) is 0 Å². The molecule has 23 heavy (non-hydrogen) atoms. The van der Waals surface area contributed by atoms with E-state index in [9.17, 15) is 13.6 Å². The first-order valence-corrected chi connectivity index (χ1v) is 7.56. The van der Waals surface area contributed by atoms with Gasteiger partial charge in [0.05, 0.1) is 12.7 Å². The summed E-state index contributed by atoms with van der Waals surface area (Å²) >= 11 is 0. The van der Waals surface area contributed by atoms with Crippen molar-refractivity contribution in [3.63, 3.8) is 0 Å². The van der Waals surface area contributed by atoms with Gasteiger partial charge in [-0.25, -0.2) is 0 Å². The number of hydrogen-bond donors (Lipinski definition) is 1.